The number of hydrogen-bond acceptors (Lipinski definition) is 6. The number of methoxy groups -OCH3 is 1. The van der Waals surface area contributed by atoms with Gasteiger partial charge in [-0.15, -0.1) is 0 Å². The maximum atomic E-state index is 12.9. The van der Waals surface area contributed by atoms with Crippen LogP contribution in [-0.4, -0.2) is 25.7 Å². The Balaban J connectivity index is 2.46. The molecule has 6 nitrogen and oxygen atoms in total. The third kappa shape index (κ3) is 3.18. The number of esters is 2. The second kappa shape index (κ2) is 8.91. The quantitative estimate of drug-likeness (QED) is 0.509. The molecule has 0 heterocycles. The minimum absolute atomic E-state index is 0.0685. The van der Waals surface area contributed by atoms with Gasteiger partial charge in [-0.25, -0.2) is 9.59 Å². The SMILES string of the molecule is C=C(C(=O)OCC)[C@@]1(c2ccccc2)CC(C(=O)OC)=C(c2ccccc2)C1(C#N)C#N. The van der Waals surface area contributed by atoms with Crippen LogP contribution in [0.4, 0.5) is 0 Å². The van der Waals surface area contributed by atoms with Crippen molar-refractivity contribution < 1.29 is 19.1 Å². The first kappa shape index (κ1) is 22.5. The highest BCUT2D eigenvalue weighted by molar-refractivity contribution is 6.06. The highest BCUT2D eigenvalue weighted by Gasteiger charge is 2.65. The fourth-order valence-electron chi connectivity index (χ4n) is 4.49. The summed E-state index contributed by atoms with van der Waals surface area (Å²) in [5.41, 5.74) is -2.18. The average molecular weight is 426 g/mol. The van der Waals surface area contributed by atoms with E-state index in [9.17, 15) is 20.1 Å². The molecular weight excluding hydrogens is 404 g/mol. The monoisotopic (exact) mass is 426 g/mol. The molecule has 0 aliphatic heterocycles. The van der Waals surface area contributed by atoms with Crippen molar-refractivity contribution in [3.8, 4) is 12.1 Å². The summed E-state index contributed by atoms with van der Waals surface area (Å²) in [6, 6.07) is 21.7. The Morgan fingerprint density at radius 2 is 1.59 bits per heavy atom. The van der Waals surface area contributed by atoms with Gasteiger partial charge >= 0.3 is 11.9 Å². The van der Waals surface area contributed by atoms with Gasteiger partial charge in [-0.1, -0.05) is 67.2 Å². The number of benzene rings is 2. The van der Waals surface area contributed by atoms with E-state index in [1.807, 2.05) is 0 Å². The minimum atomic E-state index is -1.94. The number of nitrogens with zero attached hydrogens (tertiary/aromatic N) is 2. The first-order valence-corrected chi connectivity index (χ1v) is 10.0. The standard InChI is InChI=1S/C26H22N2O4/c1-4-32-23(29)18(2)26(20-13-9-6-10-14-20)15-21(24(30)31-3)22(25(26,16-27)17-28)19-11-7-5-8-12-19/h5-14H,2,4,15H2,1,3H3/t26-/m1/s1. The van der Waals surface area contributed by atoms with Crippen molar-refractivity contribution in [3.05, 3.63) is 89.5 Å². The summed E-state index contributed by atoms with van der Waals surface area (Å²) < 4.78 is 10.2. The molecule has 2 aromatic rings. The second-order valence-corrected chi connectivity index (χ2v) is 7.33. The number of rotatable bonds is 6. The van der Waals surface area contributed by atoms with Crippen LogP contribution in [-0.2, 0) is 24.5 Å². The van der Waals surface area contributed by atoms with Crippen LogP contribution in [0.15, 0.2) is 78.4 Å². The van der Waals surface area contributed by atoms with Crippen molar-refractivity contribution in [3.63, 3.8) is 0 Å². The van der Waals surface area contributed by atoms with E-state index in [4.69, 9.17) is 9.47 Å². The molecule has 2 aromatic carbocycles. The Morgan fingerprint density at radius 3 is 2.09 bits per heavy atom. The van der Waals surface area contributed by atoms with E-state index < -0.39 is 22.8 Å². The lowest BCUT2D eigenvalue weighted by molar-refractivity contribution is -0.140. The zero-order valence-electron chi connectivity index (χ0n) is 17.9. The van der Waals surface area contributed by atoms with E-state index in [2.05, 4.69) is 18.7 Å². The van der Waals surface area contributed by atoms with Gasteiger partial charge in [0.05, 0.1) is 31.3 Å². The summed E-state index contributed by atoms with van der Waals surface area (Å²) in [6.07, 6.45) is -0.118. The zero-order chi connectivity index (χ0) is 23.4. The van der Waals surface area contributed by atoms with Crippen LogP contribution in [0.25, 0.3) is 5.57 Å². The molecule has 0 fully saturated rings. The summed E-state index contributed by atoms with van der Waals surface area (Å²) >= 11 is 0. The molecule has 1 aliphatic rings. The molecule has 0 bridgehead atoms. The largest absolute Gasteiger partial charge is 0.466 e. The van der Waals surface area contributed by atoms with Gasteiger partial charge in [-0.3, -0.25) is 0 Å². The van der Waals surface area contributed by atoms with Crippen LogP contribution in [0.3, 0.4) is 0 Å². The molecule has 0 amide bonds. The molecular formula is C26H22N2O4. The summed E-state index contributed by atoms with van der Waals surface area (Å²) in [5.74, 6) is -1.40. The van der Waals surface area contributed by atoms with E-state index in [1.165, 1.54) is 7.11 Å². The minimum Gasteiger partial charge on any atom is -0.466 e. The fraction of sp³-hybridized carbons (Fsp3) is 0.231. The summed E-state index contributed by atoms with van der Waals surface area (Å²) in [4.78, 5) is 25.9. The van der Waals surface area contributed by atoms with Gasteiger partial charge in [0.15, 0.2) is 5.41 Å². The topological polar surface area (TPSA) is 100 Å². The number of hydrogen-bond donors (Lipinski definition) is 0. The van der Waals surface area contributed by atoms with Gasteiger partial charge in [0.1, 0.15) is 0 Å². The Morgan fingerprint density at radius 1 is 1.03 bits per heavy atom. The molecule has 0 aromatic heterocycles. The van der Waals surface area contributed by atoms with Crippen LogP contribution < -0.4 is 0 Å². The van der Waals surface area contributed by atoms with Gasteiger partial charge in [0.25, 0.3) is 0 Å². The number of carbonyl (C=O) groups is 2. The Hall–Kier alpha value is -4.16. The Kier molecular flexibility index (Phi) is 6.27. The highest BCUT2D eigenvalue weighted by Crippen LogP contribution is 2.63. The van der Waals surface area contributed by atoms with Crippen LogP contribution >= 0.6 is 0 Å². The maximum Gasteiger partial charge on any atom is 0.334 e. The summed E-state index contributed by atoms with van der Waals surface area (Å²) in [7, 11) is 1.24. The Labute approximate surface area is 187 Å². The molecule has 160 valence electrons. The van der Waals surface area contributed by atoms with Gasteiger partial charge in [-0.05, 0) is 24.5 Å². The number of nitriles is 2. The van der Waals surface area contributed by atoms with E-state index in [0.717, 1.165) is 0 Å². The van der Waals surface area contributed by atoms with E-state index in [-0.39, 0.29) is 29.7 Å². The van der Waals surface area contributed by atoms with Crippen molar-refractivity contribution >= 4 is 17.5 Å². The molecule has 0 saturated carbocycles. The van der Waals surface area contributed by atoms with Crippen LogP contribution in [0.1, 0.15) is 24.5 Å². The van der Waals surface area contributed by atoms with Gasteiger partial charge in [-0.2, -0.15) is 10.5 Å². The molecule has 3 rings (SSSR count). The third-order valence-corrected chi connectivity index (χ3v) is 5.89. The van der Waals surface area contributed by atoms with E-state index in [0.29, 0.717) is 11.1 Å². The normalized spacial score (nSPS) is 18.9. The fourth-order valence-corrected chi connectivity index (χ4v) is 4.49. The third-order valence-electron chi connectivity index (χ3n) is 5.89. The van der Waals surface area contributed by atoms with Crippen molar-refractivity contribution in [2.75, 3.05) is 13.7 Å². The molecule has 0 saturated heterocycles. The van der Waals surface area contributed by atoms with E-state index in [1.54, 1.807) is 67.6 Å². The Bertz CT molecular complexity index is 1160. The van der Waals surface area contributed by atoms with Gasteiger partial charge in [0.2, 0.25) is 0 Å². The second-order valence-electron chi connectivity index (χ2n) is 7.33. The van der Waals surface area contributed by atoms with Crippen LogP contribution in [0, 0.1) is 28.1 Å². The predicted octanol–water partition coefficient (Wildman–Crippen LogP) is 4.11. The van der Waals surface area contributed by atoms with Crippen LogP contribution in [0.2, 0.25) is 0 Å². The van der Waals surface area contributed by atoms with E-state index >= 15 is 0 Å². The predicted molar refractivity (Wildman–Crippen MR) is 118 cm³/mol. The first-order valence-electron chi connectivity index (χ1n) is 10.0. The maximum absolute atomic E-state index is 12.9. The molecule has 1 atom stereocenters. The molecule has 0 N–H and O–H groups in total. The smallest absolute Gasteiger partial charge is 0.334 e. The lowest BCUT2D eigenvalue weighted by atomic mass is 9.56. The molecule has 6 heteroatoms. The number of ether oxygens (including phenoxy) is 2. The summed E-state index contributed by atoms with van der Waals surface area (Å²) in [6.45, 7) is 5.74. The lowest BCUT2D eigenvalue weighted by Crippen LogP contribution is -2.45. The number of allylic oxidation sites excluding steroid dienone is 1. The molecule has 0 unspecified atom stereocenters. The molecule has 1 aliphatic carbocycles. The van der Waals surface area contributed by atoms with Gasteiger partial charge in [0, 0.05) is 16.7 Å². The van der Waals surface area contributed by atoms with Crippen LogP contribution in [0.5, 0.6) is 0 Å². The van der Waals surface area contributed by atoms with Crippen molar-refractivity contribution in [1.29, 1.82) is 10.5 Å². The summed E-state index contributed by atoms with van der Waals surface area (Å²) in [5, 5.41) is 21.1. The van der Waals surface area contributed by atoms with Crippen molar-refractivity contribution in [2.45, 2.75) is 18.8 Å². The molecule has 0 spiro atoms. The zero-order valence-corrected chi connectivity index (χ0v) is 17.9. The first-order chi connectivity index (χ1) is 15.4. The van der Waals surface area contributed by atoms with Crippen molar-refractivity contribution in [1.82, 2.24) is 0 Å². The highest BCUT2D eigenvalue weighted by atomic mass is 16.5. The lowest BCUT2D eigenvalue weighted by Gasteiger charge is -2.40. The molecule has 0 radical (unpaired) electrons. The average Bonchev–Trinajstić information content (AvgIpc) is 3.16. The van der Waals surface area contributed by atoms with Gasteiger partial charge < -0.3 is 9.47 Å². The van der Waals surface area contributed by atoms with Crippen molar-refractivity contribution in [2.24, 2.45) is 5.41 Å². The molecule has 32 heavy (non-hydrogen) atoms. The number of carbonyl (C=O) groups excluding carboxylic acids is 2.